The fourth-order valence-electron chi connectivity index (χ4n) is 2.61. The van der Waals surface area contributed by atoms with E-state index in [0.29, 0.717) is 6.42 Å². The molecule has 0 fully saturated rings. The third-order valence-corrected chi connectivity index (χ3v) is 4.14. The highest BCUT2D eigenvalue weighted by Gasteiger charge is 2.35. The van der Waals surface area contributed by atoms with Crippen LogP contribution in [0.1, 0.15) is 23.6 Å². The van der Waals surface area contributed by atoms with Crippen LogP contribution >= 0.6 is 0 Å². The van der Waals surface area contributed by atoms with Crippen molar-refractivity contribution in [2.24, 2.45) is 0 Å². The van der Waals surface area contributed by atoms with Gasteiger partial charge in [0.2, 0.25) is 0 Å². The summed E-state index contributed by atoms with van der Waals surface area (Å²) in [6.07, 6.45) is 0.472. The zero-order chi connectivity index (χ0) is 16.3. The monoisotopic (exact) mass is 297 g/mol. The van der Waals surface area contributed by atoms with Gasteiger partial charge < -0.3 is 10.0 Å². The fourth-order valence-corrected chi connectivity index (χ4v) is 2.61. The number of aliphatic carboxylic acids is 1. The topological polar surface area (TPSA) is 40.5 Å². The van der Waals surface area contributed by atoms with Crippen LogP contribution in [-0.2, 0) is 16.6 Å². The highest BCUT2D eigenvalue weighted by Crippen LogP contribution is 2.30. The van der Waals surface area contributed by atoms with Crippen LogP contribution in [0.25, 0.3) is 0 Å². The first kappa shape index (κ1) is 16.1. The third kappa shape index (κ3) is 3.30. The molecule has 0 aliphatic rings. The Hall–Kier alpha value is -2.29. The summed E-state index contributed by atoms with van der Waals surface area (Å²) in [4.78, 5) is 13.9. The van der Waals surface area contributed by atoms with Crippen molar-refractivity contribution in [3.05, 3.63) is 65.2 Å². The highest BCUT2D eigenvalue weighted by molar-refractivity contribution is 5.81. The molecule has 2 aromatic carbocycles. The van der Waals surface area contributed by atoms with Crippen LogP contribution in [0.3, 0.4) is 0 Å². The zero-order valence-corrected chi connectivity index (χ0v) is 13.6. The van der Waals surface area contributed by atoms with Crippen molar-refractivity contribution in [3.8, 4) is 0 Å². The van der Waals surface area contributed by atoms with Gasteiger partial charge in [0.1, 0.15) is 0 Å². The molecule has 2 rings (SSSR count). The van der Waals surface area contributed by atoms with Crippen molar-refractivity contribution >= 4 is 11.7 Å². The Morgan fingerprint density at radius 1 is 1.14 bits per heavy atom. The molecule has 0 saturated heterocycles. The van der Waals surface area contributed by atoms with Crippen molar-refractivity contribution in [1.29, 1.82) is 0 Å². The Bertz CT molecular complexity index is 661. The summed E-state index contributed by atoms with van der Waals surface area (Å²) in [6.45, 7) is 3.78. The Balaban J connectivity index is 2.34. The standard InChI is InChI=1S/C19H23NO2/c1-14-6-5-7-16(12-14)19(2,18(21)22)13-15-8-10-17(11-9-15)20(3)4/h5-12H,13H2,1-4H3,(H,21,22). The third-order valence-electron chi connectivity index (χ3n) is 4.14. The van der Waals surface area contributed by atoms with E-state index in [0.717, 1.165) is 22.4 Å². The molecule has 0 amide bonds. The lowest BCUT2D eigenvalue weighted by Gasteiger charge is -2.26. The lowest BCUT2D eigenvalue weighted by atomic mass is 9.77. The molecule has 2 aromatic rings. The molecular weight excluding hydrogens is 274 g/mol. The van der Waals surface area contributed by atoms with Crippen molar-refractivity contribution in [2.45, 2.75) is 25.7 Å². The number of carboxylic acids is 1. The number of carbonyl (C=O) groups is 1. The number of hydrogen-bond acceptors (Lipinski definition) is 2. The molecule has 1 N–H and O–H groups in total. The lowest BCUT2D eigenvalue weighted by Crippen LogP contribution is -2.34. The van der Waals surface area contributed by atoms with E-state index in [1.807, 2.05) is 74.4 Å². The average molecular weight is 297 g/mol. The summed E-state index contributed by atoms with van der Waals surface area (Å²) in [5, 5.41) is 9.77. The maximum Gasteiger partial charge on any atom is 0.314 e. The van der Waals surface area contributed by atoms with E-state index < -0.39 is 11.4 Å². The second-order valence-corrected chi connectivity index (χ2v) is 6.24. The molecule has 0 spiro atoms. The van der Waals surface area contributed by atoms with E-state index in [9.17, 15) is 9.90 Å². The van der Waals surface area contributed by atoms with Crippen molar-refractivity contribution in [1.82, 2.24) is 0 Å². The minimum absolute atomic E-state index is 0.472. The molecule has 0 radical (unpaired) electrons. The highest BCUT2D eigenvalue weighted by atomic mass is 16.4. The molecule has 0 aromatic heterocycles. The van der Waals surface area contributed by atoms with Gasteiger partial charge in [0, 0.05) is 19.8 Å². The van der Waals surface area contributed by atoms with Gasteiger partial charge in [-0.05, 0) is 43.5 Å². The molecule has 116 valence electrons. The van der Waals surface area contributed by atoms with E-state index in [-0.39, 0.29) is 0 Å². The SMILES string of the molecule is Cc1cccc(C(C)(Cc2ccc(N(C)C)cc2)C(=O)O)c1. The lowest BCUT2D eigenvalue weighted by molar-refractivity contribution is -0.143. The van der Waals surface area contributed by atoms with E-state index >= 15 is 0 Å². The first-order chi connectivity index (χ1) is 10.3. The van der Waals surface area contributed by atoms with Crippen LogP contribution in [-0.4, -0.2) is 25.2 Å². The van der Waals surface area contributed by atoms with Gasteiger partial charge in [0.25, 0.3) is 0 Å². The van der Waals surface area contributed by atoms with Crippen molar-refractivity contribution in [2.75, 3.05) is 19.0 Å². The van der Waals surface area contributed by atoms with Gasteiger partial charge in [-0.25, -0.2) is 0 Å². The van der Waals surface area contributed by atoms with Gasteiger partial charge in [0.05, 0.1) is 5.41 Å². The molecule has 0 bridgehead atoms. The van der Waals surface area contributed by atoms with Crippen molar-refractivity contribution < 1.29 is 9.90 Å². The maximum absolute atomic E-state index is 11.9. The maximum atomic E-state index is 11.9. The van der Waals surface area contributed by atoms with E-state index in [4.69, 9.17) is 0 Å². The first-order valence-corrected chi connectivity index (χ1v) is 7.40. The van der Waals surface area contributed by atoms with Gasteiger partial charge in [0.15, 0.2) is 0 Å². The van der Waals surface area contributed by atoms with Gasteiger partial charge in [-0.1, -0.05) is 42.0 Å². The normalized spacial score (nSPS) is 13.5. The second kappa shape index (κ2) is 6.22. The quantitative estimate of drug-likeness (QED) is 0.916. The van der Waals surface area contributed by atoms with Crippen LogP contribution in [0.15, 0.2) is 48.5 Å². The van der Waals surface area contributed by atoms with Crippen LogP contribution < -0.4 is 4.90 Å². The summed E-state index contributed by atoms with van der Waals surface area (Å²) in [5.41, 5.74) is 3.13. The fraction of sp³-hybridized carbons (Fsp3) is 0.316. The molecule has 22 heavy (non-hydrogen) atoms. The summed E-state index contributed by atoms with van der Waals surface area (Å²) < 4.78 is 0. The van der Waals surface area contributed by atoms with Crippen LogP contribution in [0.4, 0.5) is 5.69 Å². The molecule has 0 aliphatic heterocycles. The number of benzene rings is 2. The minimum atomic E-state index is -0.925. The number of anilines is 1. The Kier molecular flexibility index (Phi) is 4.55. The Labute approximate surface area is 132 Å². The van der Waals surface area contributed by atoms with Gasteiger partial charge in [-0.15, -0.1) is 0 Å². The summed E-state index contributed by atoms with van der Waals surface area (Å²) >= 11 is 0. The number of rotatable bonds is 5. The number of hydrogen-bond donors (Lipinski definition) is 1. The molecule has 0 heterocycles. The second-order valence-electron chi connectivity index (χ2n) is 6.24. The zero-order valence-electron chi connectivity index (χ0n) is 13.6. The summed E-state index contributed by atoms with van der Waals surface area (Å²) in [6, 6.07) is 15.8. The Morgan fingerprint density at radius 2 is 1.77 bits per heavy atom. The average Bonchev–Trinajstić information content (AvgIpc) is 2.47. The summed E-state index contributed by atoms with van der Waals surface area (Å²) in [5.74, 6) is -0.796. The van der Waals surface area contributed by atoms with Crippen LogP contribution in [0, 0.1) is 6.92 Å². The molecule has 1 atom stereocenters. The molecule has 3 nitrogen and oxygen atoms in total. The number of nitrogens with zero attached hydrogens (tertiary/aromatic N) is 1. The largest absolute Gasteiger partial charge is 0.481 e. The van der Waals surface area contributed by atoms with E-state index in [2.05, 4.69) is 0 Å². The number of aryl methyl sites for hydroxylation is 1. The summed E-state index contributed by atoms with van der Waals surface area (Å²) in [7, 11) is 3.98. The predicted molar refractivity (Wildman–Crippen MR) is 90.6 cm³/mol. The number of carboxylic acid groups (broad SMARTS) is 1. The molecular formula is C19H23NO2. The van der Waals surface area contributed by atoms with E-state index in [1.54, 1.807) is 6.92 Å². The molecule has 0 aliphatic carbocycles. The first-order valence-electron chi connectivity index (χ1n) is 7.40. The molecule has 0 saturated carbocycles. The Morgan fingerprint density at radius 3 is 2.27 bits per heavy atom. The predicted octanol–water partition coefficient (Wildman–Crippen LogP) is 3.65. The molecule has 3 heteroatoms. The van der Waals surface area contributed by atoms with Crippen LogP contribution in [0.5, 0.6) is 0 Å². The smallest absolute Gasteiger partial charge is 0.314 e. The van der Waals surface area contributed by atoms with Gasteiger partial charge in [-0.3, -0.25) is 4.79 Å². The minimum Gasteiger partial charge on any atom is -0.481 e. The molecule has 1 unspecified atom stereocenters. The van der Waals surface area contributed by atoms with Gasteiger partial charge >= 0.3 is 5.97 Å². The van der Waals surface area contributed by atoms with E-state index in [1.165, 1.54) is 0 Å². The van der Waals surface area contributed by atoms with Crippen molar-refractivity contribution in [3.63, 3.8) is 0 Å². The van der Waals surface area contributed by atoms with Gasteiger partial charge in [-0.2, -0.15) is 0 Å². The van der Waals surface area contributed by atoms with Crippen LogP contribution in [0.2, 0.25) is 0 Å².